The minimum Gasteiger partial charge on any atom is -0.496 e. The summed E-state index contributed by atoms with van der Waals surface area (Å²) >= 11 is 0. The van der Waals surface area contributed by atoms with E-state index in [1.807, 2.05) is 12.1 Å². The molecule has 1 N–H and O–H groups in total. The zero-order valence-corrected chi connectivity index (χ0v) is 11.7. The quantitative estimate of drug-likeness (QED) is 0.870. The molecule has 0 amide bonds. The molecule has 1 aromatic rings. The summed E-state index contributed by atoms with van der Waals surface area (Å²) in [5.41, 5.74) is 1.61. The molecule has 2 nitrogen and oxygen atoms in total. The van der Waals surface area contributed by atoms with E-state index in [1.165, 1.54) is 0 Å². The van der Waals surface area contributed by atoms with Crippen LogP contribution in [-0.2, 0) is 4.74 Å². The lowest BCUT2D eigenvalue weighted by molar-refractivity contribution is 0.167. The maximum absolute atomic E-state index is 13.7. The lowest BCUT2D eigenvalue weighted by Gasteiger charge is -2.25. The minimum absolute atomic E-state index is 0.0321. The molecule has 0 spiro atoms. The Morgan fingerprint density at radius 1 is 1.42 bits per heavy atom. The second-order valence-corrected chi connectivity index (χ2v) is 4.99. The van der Waals surface area contributed by atoms with Crippen molar-refractivity contribution in [3.05, 3.63) is 47.0 Å². The Morgan fingerprint density at radius 3 is 2.89 bits per heavy atom. The van der Waals surface area contributed by atoms with Gasteiger partial charge in [0.25, 0.3) is 0 Å². The summed E-state index contributed by atoms with van der Waals surface area (Å²) in [6.45, 7) is 5.55. The van der Waals surface area contributed by atoms with Gasteiger partial charge in [0.05, 0.1) is 12.6 Å². The van der Waals surface area contributed by atoms with E-state index in [2.05, 4.69) is 18.3 Å². The highest BCUT2D eigenvalue weighted by Crippen LogP contribution is 2.27. The normalized spacial score (nSPS) is 16.7. The lowest BCUT2D eigenvalue weighted by atomic mass is 10.0. The zero-order valence-electron chi connectivity index (χ0n) is 11.7. The molecule has 2 rings (SSSR count). The van der Waals surface area contributed by atoms with Gasteiger partial charge in [-0.05, 0) is 56.0 Å². The number of aryl methyl sites for hydroxylation is 1. The average Bonchev–Trinajstić information content (AvgIpc) is 2.44. The van der Waals surface area contributed by atoms with E-state index in [9.17, 15) is 4.39 Å². The third kappa shape index (κ3) is 3.57. The van der Waals surface area contributed by atoms with Crippen LogP contribution in [0, 0.1) is 12.7 Å². The summed E-state index contributed by atoms with van der Waals surface area (Å²) < 4.78 is 19.5. The van der Waals surface area contributed by atoms with Gasteiger partial charge in [0.1, 0.15) is 11.6 Å². The van der Waals surface area contributed by atoms with Crippen molar-refractivity contribution in [1.82, 2.24) is 5.32 Å². The molecule has 3 heteroatoms. The van der Waals surface area contributed by atoms with Gasteiger partial charge in [-0.3, -0.25) is 0 Å². The third-order valence-corrected chi connectivity index (χ3v) is 3.37. The Balaban J connectivity index is 2.25. The summed E-state index contributed by atoms with van der Waals surface area (Å²) in [5.74, 6) is 0.778. The molecular weight excluding hydrogens is 241 g/mol. The Bertz CT molecular complexity index is 456. The SMILES string of the molecule is CCCNC(C1=CCCCO1)c1ccc(C)c(F)c1. The second kappa shape index (κ2) is 6.71. The Hall–Kier alpha value is -1.35. The first-order valence-corrected chi connectivity index (χ1v) is 7.04. The maximum atomic E-state index is 13.7. The van der Waals surface area contributed by atoms with Gasteiger partial charge in [0.2, 0.25) is 0 Å². The largest absolute Gasteiger partial charge is 0.496 e. The van der Waals surface area contributed by atoms with Crippen molar-refractivity contribution in [1.29, 1.82) is 0 Å². The van der Waals surface area contributed by atoms with Crippen molar-refractivity contribution in [2.75, 3.05) is 13.2 Å². The van der Waals surface area contributed by atoms with Gasteiger partial charge in [0, 0.05) is 0 Å². The predicted octanol–water partition coefficient (Wildman–Crippen LogP) is 3.87. The highest BCUT2D eigenvalue weighted by atomic mass is 19.1. The number of hydrogen-bond donors (Lipinski definition) is 1. The number of ether oxygens (including phenoxy) is 1. The molecule has 0 saturated heterocycles. The molecule has 0 saturated carbocycles. The van der Waals surface area contributed by atoms with E-state index in [0.717, 1.165) is 43.7 Å². The van der Waals surface area contributed by atoms with Gasteiger partial charge in [-0.25, -0.2) is 4.39 Å². The first-order chi connectivity index (χ1) is 9.22. The van der Waals surface area contributed by atoms with Crippen molar-refractivity contribution in [2.45, 2.75) is 39.2 Å². The van der Waals surface area contributed by atoms with Crippen molar-refractivity contribution in [3.8, 4) is 0 Å². The Morgan fingerprint density at radius 2 is 2.26 bits per heavy atom. The highest BCUT2D eigenvalue weighted by Gasteiger charge is 2.20. The average molecular weight is 263 g/mol. The van der Waals surface area contributed by atoms with Crippen LogP contribution < -0.4 is 5.32 Å². The standard InChI is InChI=1S/C16H22FNO/c1-3-9-18-16(15-6-4-5-10-19-15)13-8-7-12(2)14(17)11-13/h6-8,11,16,18H,3-5,9-10H2,1-2H3. The fourth-order valence-electron chi connectivity index (χ4n) is 2.24. The molecule has 0 fully saturated rings. The molecule has 1 aliphatic heterocycles. The second-order valence-electron chi connectivity index (χ2n) is 4.99. The van der Waals surface area contributed by atoms with Gasteiger partial charge in [-0.2, -0.15) is 0 Å². The summed E-state index contributed by atoms with van der Waals surface area (Å²) in [6, 6.07) is 5.39. The minimum atomic E-state index is -0.155. The van der Waals surface area contributed by atoms with E-state index >= 15 is 0 Å². The number of allylic oxidation sites excluding steroid dienone is 1. The van der Waals surface area contributed by atoms with Crippen molar-refractivity contribution in [3.63, 3.8) is 0 Å². The van der Waals surface area contributed by atoms with Crippen LogP contribution in [-0.4, -0.2) is 13.2 Å². The smallest absolute Gasteiger partial charge is 0.126 e. The van der Waals surface area contributed by atoms with Crippen LogP contribution in [0.5, 0.6) is 0 Å². The van der Waals surface area contributed by atoms with E-state index in [1.54, 1.807) is 13.0 Å². The molecule has 1 aliphatic rings. The molecule has 0 aromatic heterocycles. The molecule has 1 heterocycles. The van der Waals surface area contributed by atoms with Gasteiger partial charge in [0.15, 0.2) is 0 Å². The zero-order chi connectivity index (χ0) is 13.7. The maximum Gasteiger partial charge on any atom is 0.126 e. The molecular formula is C16H22FNO. The molecule has 0 aliphatic carbocycles. The molecule has 19 heavy (non-hydrogen) atoms. The molecule has 1 aromatic carbocycles. The molecule has 104 valence electrons. The van der Waals surface area contributed by atoms with E-state index in [4.69, 9.17) is 4.74 Å². The fourth-order valence-corrected chi connectivity index (χ4v) is 2.24. The number of hydrogen-bond acceptors (Lipinski definition) is 2. The first-order valence-electron chi connectivity index (χ1n) is 7.04. The topological polar surface area (TPSA) is 21.3 Å². The highest BCUT2D eigenvalue weighted by molar-refractivity contribution is 5.30. The fraction of sp³-hybridized carbons (Fsp3) is 0.500. The van der Waals surface area contributed by atoms with Crippen LogP contribution in [0.15, 0.2) is 30.0 Å². The number of halogens is 1. The molecule has 0 radical (unpaired) electrons. The molecule has 1 atom stereocenters. The predicted molar refractivity (Wildman–Crippen MR) is 75.4 cm³/mol. The number of nitrogens with one attached hydrogen (secondary N) is 1. The van der Waals surface area contributed by atoms with Crippen LogP contribution >= 0.6 is 0 Å². The Kier molecular flexibility index (Phi) is 4.97. The van der Waals surface area contributed by atoms with E-state index in [0.29, 0.717) is 5.56 Å². The monoisotopic (exact) mass is 263 g/mol. The van der Waals surface area contributed by atoms with Gasteiger partial charge < -0.3 is 10.1 Å². The van der Waals surface area contributed by atoms with Gasteiger partial charge >= 0.3 is 0 Å². The van der Waals surface area contributed by atoms with Crippen molar-refractivity contribution < 1.29 is 9.13 Å². The van der Waals surface area contributed by atoms with E-state index < -0.39 is 0 Å². The Labute approximate surface area is 114 Å². The summed E-state index contributed by atoms with van der Waals surface area (Å²) in [6.07, 6.45) is 5.26. The van der Waals surface area contributed by atoms with Gasteiger partial charge in [-0.1, -0.05) is 19.1 Å². The van der Waals surface area contributed by atoms with Crippen LogP contribution in [0.25, 0.3) is 0 Å². The lowest BCUT2D eigenvalue weighted by Crippen LogP contribution is -2.26. The molecule has 1 unspecified atom stereocenters. The first kappa shape index (κ1) is 14.1. The summed E-state index contributed by atoms with van der Waals surface area (Å²) in [4.78, 5) is 0. The van der Waals surface area contributed by atoms with Crippen LogP contribution in [0.2, 0.25) is 0 Å². The van der Waals surface area contributed by atoms with Crippen molar-refractivity contribution >= 4 is 0 Å². The number of benzene rings is 1. The summed E-state index contributed by atoms with van der Waals surface area (Å²) in [5, 5.41) is 3.44. The number of rotatable bonds is 5. The summed E-state index contributed by atoms with van der Waals surface area (Å²) in [7, 11) is 0. The van der Waals surface area contributed by atoms with Crippen LogP contribution in [0.4, 0.5) is 4.39 Å². The third-order valence-electron chi connectivity index (χ3n) is 3.37. The molecule has 0 bridgehead atoms. The van der Waals surface area contributed by atoms with Crippen LogP contribution in [0.3, 0.4) is 0 Å². The van der Waals surface area contributed by atoms with E-state index in [-0.39, 0.29) is 11.9 Å². The van der Waals surface area contributed by atoms with Crippen LogP contribution in [0.1, 0.15) is 43.4 Å². The van der Waals surface area contributed by atoms with Gasteiger partial charge in [-0.15, -0.1) is 0 Å². The van der Waals surface area contributed by atoms with Crippen molar-refractivity contribution in [2.24, 2.45) is 0 Å².